The highest BCUT2D eigenvalue weighted by atomic mass is 32.2. The Labute approximate surface area is 83.7 Å². The molecule has 3 nitrogen and oxygen atoms in total. The predicted molar refractivity (Wildman–Crippen MR) is 57.9 cm³/mol. The molecule has 0 saturated carbocycles. The molecule has 74 valence electrons. The summed E-state index contributed by atoms with van der Waals surface area (Å²) in [6.45, 7) is 7.33. The van der Waals surface area contributed by atoms with Gasteiger partial charge in [0.2, 0.25) is 0 Å². The van der Waals surface area contributed by atoms with Crippen LogP contribution in [-0.4, -0.2) is 15.5 Å². The van der Waals surface area contributed by atoms with Gasteiger partial charge in [0.1, 0.15) is 5.82 Å². The molecule has 0 bridgehead atoms. The lowest BCUT2D eigenvalue weighted by Gasteiger charge is -2.06. The molecule has 0 unspecified atom stereocenters. The van der Waals surface area contributed by atoms with Crippen molar-refractivity contribution in [2.45, 2.75) is 32.2 Å². The molecule has 4 heteroatoms. The zero-order valence-electron chi connectivity index (χ0n) is 8.45. The van der Waals surface area contributed by atoms with E-state index in [1.165, 1.54) is 0 Å². The average molecular weight is 199 g/mol. The fourth-order valence-electron chi connectivity index (χ4n) is 1.14. The molecule has 0 aliphatic rings. The highest BCUT2D eigenvalue weighted by Crippen LogP contribution is 2.24. The summed E-state index contributed by atoms with van der Waals surface area (Å²) in [5.41, 5.74) is 5.92. The molecule has 0 saturated heterocycles. The number of nitrogens with two attached hydrogens (primary N) is 1. The largest absolute Gasteiger partial charge is 0.383 e. The van der Waals surface area contributed by atoms with Gasteiger partial charge in [-0.15, -0.1) is 11.8 Å². The van der Waals surface area contributed by atoms with E-state index in [0.717, 1.165) is 23.0 Å². The quantitative estimate of drug-likeness (QED) is 0.756. The van der Waals surface area contributed by atoms with Crippen LogP contribution in [0.1, 0.15) is 20.8 Å². The van der Waals surface area contributed by atoms with Crippen molar-refractivity contribution >= 4 is 17.6 Å². The van der Waals surface area contributed by atoms with E-state index in [-0.39, 0.29) is 0 Å². The summed E-state index contributed by atoms with van der Waals surface area (Å²) >= 11 is 1.74. The van der Waals surface area contributed by atoms with E-state index < -0.39 is 0 Å². The highest BCUT2D eigenvalue weighted by Gasteiger charge is 2.07. The summed E-state index contributed by atoms with van der Waals surface area (Å²) in [7, 11) is 0. The lowest BCUT2D eigenvalue weighted by molar-refractivity contribution is 0.488. The molecular weight excluding hydrogens is 182 g/mol. The molecule has 1 aromatic rings. The first-order chi connectivity index (χ1) is 6.15. The maximum absolute atomic E-state index is 5.92. The third-order valence-corrected chi connectivity index (χ3v) is 2.60. The lowest BCUT2D eigenvalue weighted by atomic mass is 10.2. The predicted octanol–water partition coefficient (Wildman–Crippen LogP) is 2.23. The summed E-state index contributed by atoms with van der Waals surface area (Å²) in [4.78, 5) is 1.10. The molecular formula is C9H17N3S. The van der Waals surface area contributed by atoms with Crippen LogP contribution in [0.15, 0.2) is 11.1 Å². The number of nitrogen functional groups attached to an aromatic ring is 1. The Morgan fingerprint density at radius 2 is 2.31 bits per heavy atom. The molecule has 1 heterocycles. The first kappa shape index (κ1) is 10.4. The van der Waals surface area contributed by atoms with Gasteiger partial charge >= 0.3 is 0 Å². The van der Waals surface area contributed by atoms with Gasteiger partial charge < -0.3 is 5.73 Å². The van der Waals surface area contributed by atoms with Gasteiger partial charge in [0.15, 0.2) is 0 Å². The van der Waals surface area contributed by atoms with Crippen molar-refractivity contribution in [1.82, 2.24) is 9.78 Å². The van der Waals surface area contributed by atoms with E-state index in [2.05, 4.69) is 25.9 Å². The monoisotopic (exact) mass is 199 g/mol. The summed E-state index contributed by atoms with van der Waals surface area (Å²) in [5.74, 6) is 2.43. The van der Waals surface area contributed by atoms with E-state index in [4.69, 9.17) is 5.73 Å². The Hall–Kier alpha value is -0.640. The molecule has 0 amide bonds. The number of hydrogen-bond donors (Lipinski definition) is 1. The molecule has 13 heavy (non-hydrogen) atoms. The topological polar surface area (TPSA) is 43.8 Å². The van der Waals surface area contributed by atoms with Crippen LogP contribution in [0.5, 0.6) is 0 Å². The minimum Gasteiger partial charge on any atom is -0.383 e. The maximum Gasteiger partial charge on any atom is 0.135 e. The normalized spacial score (nSPS) is 11.1. The van der Waals surface area contributed by atoms with Crippen LogP contribution in [0.2, 0.25) is 0 Å². The second kappa shape index (κ2) is 4.56. The molecule has 0 aromatic carbocycles. The number of aromatic nitrogens is 2. The molecule has 0 radical (unpaired) electrons. The molecule has 1 aromatic heterocycles. The van der Waals surface area contributed by atoms with Crippen molar-refractivity contribution in [1.29, 1.82) is 0 Å². The van der Waals surface area contributed by atoms with Crippen molar-refractivity contribution < 1.29 is 0 Å². The number of thioether (sulfide) groups is 1. The average Bonchev–Trinajstić information content (AvgIpc) is 2.36. The Bertz CT molecular complexity index is 268. The Morgan fingerprint density at radius 1 is 1.62 bits per heavy atom. The zero-order chi connectivity index (χ0) is 9.84. The smallest absolute Gasteiger partial charge is 0.135 e. The third-order valence-electron chi connectivity index (χ3n) is 1.68. The summed E-state index contributed by atoms with van der Waals surface area (Å²) in [5, 5.41) is 4.25. The third kappa shape index (κ3) is 2.66. The first-order valence-corrected chi connectivity index (χ1v) is 5.57. The second-order valence-corrected chi connectivity index (χ2v) is 4.71. The van der Waals surface area contributed by atoms with E-state index in [9.17, 15) is 0 Å². The molecule has 0 fully saturated rings. The summed E-state index contributed by atoms with van der Waals surface area (Å²) in [6, 6.07) is 0. The molecule has 0 atom stereocenters. The number of rotatable bonds is 4. The SMILES string of the molecule is CCSc1cnn(CC(C)C)c1N. The van der Waals surface area contributed by atoms with E-state index in [1.54, 1.807) is 11.8 Å². The Kier molecular flexibility index (Phi) is 3.66. The van der Waals surface area contributed by atoms with Crippen LogP contribution < -0.4 is 5.73 Å². The van der Waals surface area contributed by atoms with Crippen LogP contribution >= 0.6 is 11.8 Å². The van der Waals surface area contributed by atoms with Crippen LogP contribution in [0.3, 0.4) is 0 Å². The lowest BCUT2D eigenvalue weighted by Crippen LogP contribution is -2.09. The fraction of sp³-hybridized carbons (Fsp3) is 0.667. The van der Waals surface area contributed by atoms with E-state index >= 15 is 0 Å². The van der Waals surface area contributed by atoms with Gasteiger partial charge in [-0.25, -0.2) is 4.68 Å². The van der Waals surface area contributed by atoms with Gasteiger partial charge in [-0.05, 0) is 11.7 Å². The van der Waals surface area contributed by atoms with Crippen molar-refractivity contribution in [3.63, 3.8) is 0 Å². The van der Waals surface area contributed by atoms with E-state index in [1.807, 2.05) is 10.9 Å². The van der Waals surface area contributed by atoms with Crippen LogP contribution in [0.25, 0.3) is 0 Å². The Balaban J connectivity index is 2.74. The standard InChI is InChI=1S/C9H17N3S/c1-4-13-8-5-11-12(9(8)10)6-7(2)3/h5,7H,4,6,10H2,1-3H3. The number of nitrogens with zero attached hydrogens (tertiary/aromatic N) is 2. The van der Waals surface area contributed by atoms with Gasteiger partial charge in [-0.1, -0.05) is 20.8 Å². The number of anilines is 1. The second-order valence-electron chi connectivity index (χ2n) is 3.40. The maximum atomic E-state index is 5.92. The van der Waals surface area contributed by atoms with Crippen molar-refractivity contribution in [3.05, 3.63) is 6.20 Å². The minimum absolute atomic E-state index is 0.585. The van der Waals surface area contributed by atoms with Crippen molar-refractivity contribution in [3.8, 4) is 0 Å². The van der Waals surface area contributed by atoms with Crippen LogP contribution in [0, 0.1) is 5.92 Å². The number of hydrogen-bond acceptors (Lipinski definition) is 3. The summed E-state index contributed by atoms with van der Waals surface area (Å²) < 4.78 is 1.88. The molecule has 1 rings (SSSR count). The van der Waals surface area contributed by atoms with Gasteiger partial charge in [-0.3, -0.25) is 0 Å². The van der Waals surface area contributed by atoms with Gasteiger partial charge in [0.25, 0.3) is 0 Å². The fourth-order valence-corrected chi connectivity index (χ4v) is 1.82. The molecule has 2 N–H and O–H groups in total. The van der Waals surface area contributed by atoms with Gasteiger partial charge in [0, 0.05) is 6.54 Å². The molecule has 0 spiro atoms. The van der Waals surface area contributed by atoms with Crippen LogP contribution in [-0.2, 0) is 6.54 Å². The Morgan fingerprint density at radius 3 is 2.85 bits per heavy atom. The van der Waals surface area contributed by atoms with Crippen LogP contribution in [0.4, 0.5) is 5.82 Å². The summed E-state index contributed by atoms with van der Waals surface area (Å²) in [6.07, 6.45) is 1.85. The van der Waals surface area contributed by atoms with Crippen molar-refractivity contribution in [2.75, 3.05) is 11.5 Å². The van der Waals surface area contributed by atoms with Crippen molar-refractivity contribution in [2.24, 2.45) is 5.92 Å². The minimum atomic E-state index is 0.585. The molecule has 0 aliphatic heterocycles. The molecule has 0 aliphatic carbocycles. The first-order valence-electron chi connectivity index (χ1n) is 4.59. The highest BCUT2D eigenvalue weighted by molar-refractivity contribution is 7.99. The van der Waals surface area contributed by atoms with Gasteiger partial charge in [-0.2, -0.15) is 5.10 Å². The zero-order valence-corrected chi connectivity index (χ0v) is 9.27. The van der Waals surface area contributed by atoms with Gasteiger partial charge in [0.05, 0.1) is 11.1 Å². The van der Waals surface area contributed by atoms with E-state index in [0.29, 0.717) is 5.92 Å².